The first-order valence-electron chi connectivity index (χ1n) is 15.2. The number of hydrogen-bond acceptors (Lipinski definition) is 9. The summed E-state index contributed by atoms with van der Waals surface area (Å²) in [5.41, 5.74) is 5.68. The summed E-state index contributed by atoms with van der Waals surface area (Å²) in [6.07, 6.45) is 8.36. The average molecular weight is 619 g/mol. The molecule has 0 aliphatic carbocycles. The Balaban J connectivity index is 1.10. The molecule has 4 heterocycles. The molecule has 230 valence electrons. The smallest absolute Gasteiger partial charge is 0.251 e. The Morgan fingerprint density at radius 1 is 1.00 bits per heavy atom. The van der Waals surface area contributed by atoms with Gasteiger partial charge in [-0.15, -0.1) is 0 Å². The minimum absolute atomic E-state index is 0.116. The molecule has 1 aliphatic heterocycles. The van der Waals surface area contributed by atoms with Gasteiger partial charge in [0.25, 0.3) is 5.91 Å². The predicted octanol–water partition coefficient (Wildman–Crippen LogP) is 5.69. The highest BCUT2D eigenvalue weighted by Gasteiger charge is 2.23. The maximum Gasteiger partial charge on any atom is 0.251 e. The van der Waals surface area contributed by atoms with Crippen molar-refractivity contribution in [2.45, 2.75) is 24.9 Å². The van der Waals surface area contributed by atoms with Gasteiger partial charge in [0.2, 0.25) is 0 Å². The number of likely N-dealkylation sites (tertiary alicyclic amines) is 1. The van der Waals surface area contributed by atoms with Gasteiger partial charge in [-0.2, -0.15) is 11.8 Å². The number of benzene rings is 2. The van der Waals surface area contributed by atoms with E-state index in [0.717, 1.165) is 71.2 Å². The topological polar surface area (TPSA) is 108 Å². The maximum atomic E-state index is 12.5. The molecule has 2 aromatic carbocycles. The molecule has 6 rings (SSSR count). The fourth-order valence-corrected chi connectivity index (χ4v) is 6.64. The van der Waals surface area contributed by atoms with Crippen molar-refractivity contribution in [3.05, 3.63) is 108 Å². The number of hydrogen-bond donors (Lipinski definition) is 3. The van der Waals surface area contributed by atoms with E-state index < -0.39 is 0 Å². The molecule has 1 fully saturated rings. The number of thioether (sulfide) groups is 1. The largest absolute Gasteiger partial charge is 0.369 e. The Hall–Kier alpha value is -4.54. The van der Waals surface area contributed by atoms with Gasteiger partial charge in [0.05, 0.1) is 16.8 Å². The molecule has 1 amide bonds. The van der Waals surface area contributed by atoms with Crippen molar-refractivity contribution in [3.8, 4) is 11.3 Å². The van der Waals surface area contributed by atoms with Crippen LogP contribution in [-0.4, -0.2) is 75.5 Å². The van der Waals surface area contributed by atoms with E-state index in [1.165, 1.54) is 5.56 Å². The summed E-state index contributed by atoms with van der Waals surface area (Å²) >= 11 is 1.78. The summed E-state index contributed by atoms with van der Waals surface area (Å²) in [6, 6.07) is 24.9. The van der Waals surface area contributed by atoms with Gasteiger partial charge in [-0.25, -0.2) is 15.0 Å². The zero-order valence-electron chi connectivity index (χ0n) is 25.6. The van der Waals surface area contributed by atoms with Crippen molar-refractivity contribution in [2.24, 2.45) is 0 Å². The Bertz CT molecular complexity index is 1730. The van der Waals surface area contributed by atoms with Gasteiger partial charge in [-0.05, 0) is 42.0 Å². The number of pyridine rings is 2. The van der Waals surface area contributed by atoms with E-state index in [0.29, 0.717) is 18.2 Å². The SMILES string of the molecule is CNC(=O)c1ccnc2c(C(CNc3cc(-c4ccc(NC5CCN(Cc6ccccc6)C5)nc4)ncn3)CSC)cccc12. The van der Waals surface area contributed by atoms with Crippen LogP contribution >= 0.6 is 11.8 Å². The highest BCUT2D eigenvalue weighted by Crippen LogP contribution is 2.29. The third-order valence-corrected chi connectivity index (χ3v) is 8.95. The number of anilines is 2. The first kappa shape index (κ1) is 30.5. The molecule has 45 heavy (non-hydrogen) atoms. The van der Waals surface area contributed by atoms with Crippen molar-refractivity contribution < 1.29 is 4.79 Å². The summed E-state index contributed by atoms with van der Waals surface area (Å²) in [6.45, 7) is 3.71. The van der Waals surface area contributed by atoms with Gasteiger partial charge in [0, 0.05) is 80.3 Å². The van der Waals surface area contributed by atoms with Crippen LogP contribution in [0.2, 0.25) is 0 Å². The molecule has 9 nitrogen and oxygen atoms in total. The van der Waals surface area contributed by atoms with E-state index in [1.807, 2.05) is 30.5 Å². The van der Waals surface area contributed by atoms with Crippen LogP contribution in [0, 0.1) is 0 Å². The lowest BCUT2D eigenvalue weighted by molar-refractivity contribution is 0.0964. The van der Waals surface area contributed by atoms with E-state index in [4.69, 9.17) is 4.98 Å². The third-order valence-electron chi connectivity index (χ3n) is 8.21. The summed E-state index contributed by atoms with van der Waals surface area (Å²) < 4.78 is 0. The second-order valence-corrected chi connectivity index (χ2v) is 12.2. The molecule has 0 spiro atoms. The summed E-state index contributed by atoms with van der Waals surface area (Å²) in [7, 11) is 1.65. The first-order valence-corrected chi connectivity index (χ1v) is 16.6. The van der Waals surface area contributed by atoms with Crippen LogP contribution in [0.25, 0.3) is 22.2 Å². The van der Waals surface area contributed by atoms with Gasteiger partial charge >= 0.3 is 0 Å². The molecule has 3 aromatic heterocycles. The van der Waals surface area contributed by atoms with Crippen molar-refractivity contribution in [2.75, 3.05) is 49.3 Å². The number of carbonyl (C=O) groups excluding carboxylic acids is 1. The van der Waals surface area contributed by atoms with Gasteiger partial charge in [0.15, 0.2) is 0 Å². The number of aromatic nitrogens is 4. The zero-order chi connectivity index (χ0) is 31.0. The number of fused-ring (bicyclic) bond motifs is 1. The molecule has 0 bridgehead atoms. The van der Waals surface area contributed by atoms with Gasteiger partial charge < -0.3 is 16.0 Å². The van der Waals surface area contributed by atoms with Crippen LogP contribution in [0.15, 0.2) is 91.5 Å². The summed E-state index contributed by atoms with van der Waals surface area (Å²) in [4.78, 5) is 33.3. The number of carbonyl (C=O) groups is 1. The molecule has 5 aromatic rings. The normalized spacial score (nSPS) is 15.6. The quantitative estimate of drug-likeness (QED) is 0.163. The third kappa shape index (κ3) is 7.41. The molecule has 2 unspecified atom stereocenters. The van der Waals surface area contributed by atoms with E-state index >= 15 is 0 Å². The van der Waals surface area contributed by atoms with Gasteiger partial charge in [-0.1, -0.05) is 48.5 Å². The molecule has 2 atom stereocenters. The number of para-hydroxylation sites is 1. The highest BCUT2D eigenvalue weighted by atomic mass is 32.2. The van der Waals surface area contributed by atoms with Crippen LogP contribution in [0.1, 0.15) is 33.8 Å². The molecule has 1 saturated heterocycles. The highest BCUT2D eigenvalue weighted by molar-refractivity contribution is 7.98. The van der Waals surface area contributed by atoms with Crippen LogP contribution in [-0.2, 0) is 6.54 Å². The predicted molar refractivity (Wildman–Crippen MR) is 184 cm³/mol. The molecular formula is C35H38N8OS. The second kappa shape index (κ2) is 14.5. The molecule has 10 heteroatoms. The maximum absolute atomic E-state index is 12.5. The van der Waals surface area contributed by atoms with E-state index in [1.54, 1.807) is 37.4 Å². The van der Waals surface area contributed by atoms with E-state index in [2.05, 4.69) is 84.5 Å². The Morgan fingerprint density at radius 2 is 1.89 bits per heavy atom. The van der Waals surface area contributed by atoms with Crippen molar-refractivity contribution >= 4 is 40.2 Å². The fourth-order valence-electron chi connectivity index (χ4n) is 5.94. The number of nitrogens with one attached hydrogen (secondary N) is 3. The monoisotopic (exact) mass is 618 g/mol. The second-order valence-electron chi connectivity index (χ2n) is 11.3. The molecule has 3 N–H and O–H groups in total. The molecule has 1 aliphatic rings. The van der Waals surface area contributed by atoms with Crippen LogP contribution < -0.4 is 16.0 Å². The number of nitrogens with zero attached hydrogens (tertiary/aromatic N) is 5. The Kier molecular flexibility index (Phi) is 9.82. The van der Waals surface area contributed by atoms with Crippen molar-refractivity contribution in [1.82, 2.24) is 30.2 Å². The standard InChI is InChI=1S/C35H38N8OS/c1-36-35(44)30-13-15-37-34-28(9-6-10-29(30)34)26(22-45-2)19-39-33-17-31(40-23-41-33)25-11-12-32(38-18-25)42-27-14-16-43(21-27)20-24-7-4-3-5-8-24/h3-13,15,17-18,23,26-27H,14,16,19-22H2,1-2H3,(H,36,44)(H,38,42)(H,39,40,41). The Labute approximate surface area is 268 Å². The van der Waals surface area contributed by atoms with E-state index in [9.17, 15) is 4.79 Å². The number of rotatable bonds is 12. The summed E-state index contributed by atoms with van der Waals surface area (Å²) in [5, 5.41) is 10.7. The minimum atomic E-state index is -0.116. The lowest BCUT2D eigenvalue weighted by Gasteiger charge is -2.20. The van der Waals surface area contributed by atoms with Crippen LogP contribution in [0.5, 0.6) is 0 Å². The van der Waals surface area contributed by atoms with Gasteiger partial charge in [0.1, 0.15) is 18.0 Å². The molecular weight excluding hydrogens is 581 g/mol. The lowest BCUT2D eigenvalue weighted by Crippen LogP contribution is -2.26. The zero-order valence-corrected chi connectivity index (χ0v) is 26.4. The summed E-state index contributed by atoms with van der Waals surface area (Å²) in [5.74, 6) is 2.55. The van der Waals surface area contributed by atoms with Gasteiger partial charge in [-0.3, -0.25) is 14.7 Å². The average Bonchev–Trinajstić information content (AvgIpc) is 3.53. The van der Waals surface area contributed by atoms with Crippen LogP contribution in [0.4, 0.5) is 11.6 Å². The number of amides is 1. The first-order chi connectivity index (χ1) is 22.1. The van der Waals surface area contributed by atoms with Crippen molar-refractivity contribution in [1.29, 1.82) is 0 Å². The van der Waals surface area contributed by atoms with E-state index in [-0.39, 0.29) is 11.8 Å². The Morgan fingerprint density at radius 3 is 2.69 bits per heavy atom. The van der Waals surface area contributed by atoms with Crippen LogP contribution in [0.3, 0.4) is 0 Å². The molecule has 0 saturated carbocycles. The minimum Gasteiger partial charge on any atom is -0.369 e. The lowest BCUT2D eigenvalue weighted by atomic mass is 9.95. The molecule has 0 radical (unpaired) electrons. The fraction of sp³-hybridized carbons (Fsp3) is 0.286. The van der Waals surface area contributed by atoms with Crippen molar-refractivity contribution in [3.63, 3.8) is 0 Å².